The molecule has 0 bridgehead atoms. The molecule has 11 rings (SSSR count). The average molecular weight is 644 g/mol. The molecule has 0 atom stereocenters. The predicted octanol–water partition coefficient (Wildman–Crippen LogP) is 12.3. The van der Waals surface area contributed by atoms with Crippen LogP contribution in [0.1, 0.15) is 0 Å². The van der Waals surface area contributed by atoms with E-state index in [1.807, 2.05) is 6.07 Å². The smallest absolute Gasteiger partial charge is 0.235 e. The molecular weight excluding hydrogens is 619 g/mol. The summed E-state index contributed by atoms with van der Waals surface area (Å²) in [4.78, 5) is 10.9. The summed E-state index contributed by atoms with van der Waals surface area (Å²) < 4.78 is 11.0. The molecule has 7 aromatic carbocycles. The molecule has 5 heteroatoms. The molecule has 4 nitrogen and oxygen atoms in total. The Labute approximate surface area is 284 Å². The molecule has 0 radical (unpaired) electrons. The second-order valence-corrected chi connectivity index (χ2v) is 13.6. The zero-order valence-corrected chi connectivity index (χ0v) is 26.9. The lowest BCUT2D eigenvalue weighted by atomic mass is 9.94. The van der Waals surface area contributed by atoms with E-state index in [2.05, 4.69) is 150 Å². The highest BCUT2D eigenvalue weighted by atomic mass is 32.1. The van der Waals surface area contributed by atoms with Crippen molar-refractivity contribution in [2.75, 3.05) is 0 Å². The van der Waals surface area contributed by atoms with Gasteiger partial charge in [-0.1, -0.05) is 121 Å². The van der Waals surface area contributed by atoms with E-state index < -0.39 is 0 Å². The summed E-state index contributed by atoms with van der Waals surface area (Å²) in [7, 11) is 0. The minimum atomic E-state index is 0.649. The standard InChI is InChI=1S/C44H25N3OS/c1-3-13-26(14-4-1)32-25-34-38(29-18-8-7-17-28(29)32)40-33(23-24-36-39(40)30-19-9-11-21-35(30)48-36)47(34)44-45-41(27-15-5-2-6-16-27)43-42(46-44)31-20-10-12-22-37(31)49-43/h1-25H. The van der Waals surface area contributed by atoms with Crippen molar-refractivity contribution >= 4 is 86.2 Å². The van der Waals surface area contributed by atoms with Crippen LogP contribution in [0.25, 0.3) is 103 Å². The van der Waals surface area contributed by atoms with Crippen LogP contribution < -0.4 is 0 Å². The van der Waals surface area contributed by atoms with E-state index in [1.54, 1.807) is 11.3 Å². The van der Waals surface area contributed by atoms with Crippen LogP contribution >= 0.6 is 11.3 Å². The molecule has 0 spiro atoms. The lowest BCUT2D eigenvalue weighted by molar-refractivity contribution is 0.669. The molecule has 0 N–H and O–H groups in total. The van der Waals surface area contributed by atoms with Crippen molar-refractivity contribution in [2.45, 2.75) is 0 Å². The number of aromatic nitrogens is 3. The van der Waals surface area contributed by atoms with Gasteiger partial charge in [-0.2, -0.15) is 0 Å². The molecule has 0 unspecified atom stereocenters. The van der Waals surface area contributed by atoms with Crippen molar-refractivity contribution in [3.63, 3.8) is 0 Å². The molecule has 0 aliphatic carbocycles. The predicted molar refractivity (Wildman–Crippen MR) is 205 cm³/mol. The Morgan fingerprint density at radius 2 is 1.16 bits per heavy atom. The fourth-order valence-electron chi connectivity index (χ4n) is 7.72. The molecule has 4 heterocycles. The Morgan fingerprint density at radius 1 is 0.490 bits per heavy atom. The zero-order chi connectivity index (χ0) is 32.1. The Morgan fingerprint density at radius 3 is 1.98 bits per heavy atom. The van der Waals surface area contributed by atoms with E-state index in [1.165, 1.54) is 32.0 Å². The summed E-state index contributed by atoms with van der Waals surface area (Å²) in [6.45, 7) is 0. The molecule has 0 saturated carbocycles. The van der Waals surface area contributed by atoms with Gasteiger partial charge in [-0.3, -0.25) is 4.57 Å². The highest BCUT2D eigenvalue weighted by molar-refractivity contribution is 7.26. The van der Waals surface area contributed by atoms with Gasteiger partial charge in [0, 0.05) is 37.2 Å². The van der Waals surface area contributed by atoms with E-state index in [0.29, 0.717) is 5.95 Å². The largest absolute Gasteiger partial charge is 0.456 e. The number of fused-ring (bicyclic) bond motifs is 12. The van der Waals surface area contributed by atoms with Crippen LogP contribution in [0.3, 0.4) is 0 Å². The van der Waals surface area contributed by atoms with E-state index in [9.17, 15) is 0 Å². The maximum absolute atomic E-state index is 6.46. The second-order valence-electron chi connectivity index (χ2n) is 12.5. The van der Waals surface area contributed by atoms with Crippen molar-refractivity contribution < 1.29 is 4.42 Å². The van der Waals surface area contributed by atoms with Crippen molar-refractivity contribution in [1.82, 2.24) is 14.5 Å². The van der Waals surface area contributed by atoms with Gasteiger partial charge >= 0.3 is 0 Å². The molecule has 0 aliphatic rings. The zero-order valence-electron chi connectivity index (χ0n) is 26.1. The number of thiophene rings is 1. The molecule has 11 aromatic rings. The average Bonchev–Trinajstić information content (AvgIpc) is 3.84. The number of hydrogen-bond acceptors (Lipinski definition) is 4. The first kappa shape index (κ1) is 26.7. The number of benzene rings is 7. The summed E-state index contributed by atoms with van der Waals surface area (Å²) >= 11 is 1.76. The van der Waals surface area contributed by atoms with Gasteiger partial charge in [0.15, 0.2) is 0 Å². The first-order valence-electron chi connectivity index (χ1n) is 16.4. The topological polar surface area (TPSA) is 43.9 Å². The van der Waals surface area contributed by atoms with E-state index in [0.717, 1.165) is 65.2 Å². The summed E-state index contributed by atoms with van der Waals surface area (Å²) in [6, 6.07) is 53.4. The number of furan rings is 1. The second kappa shape index (κ2) is 10.1. The van der Waals surface area contributed by atoms with Crippen molar-refractivity contribution in [3.8, 4) is 28.3 Å². The first-order valence-corrected chi connectivity index (χ1v) is 17.2. The van der Waals surface area contributed by atoms with Gasteiger partial charge in [0.2, 0.25) is 5.95 Å². The highest BCUT2D eigenvalue weighted by Gasteiger charge is 2.24. The third-order valence-electron chi connectivity index (χ3n) is 9.82. The molecular formula is C44H25N3OS. The number of nitrogens with zero attached hydrogens (tertiary/aromatic N) is 3. The quantitative estimate of drug-likeness (QED) is 0.192. The van der Waals surface area contributed by atoms with Crippen molar-refractivity contribution in [1.29, 1.82) is 0 Å². The molecule has 0 saturated heterocycles. The van der Waals surface area contributed by atoms with Crippen LogP contribution in [0.5, 0.6) is 0 Å². The van der Waals surface area contributed by atoms with Gasteiger partial charge < -0.3 is 4.42 Å². The molecule has 49 heavy (non-hydrogen) atoms. The van der Waals surface area contributed by atoms with Crippen LogP contribution in [-0.4, -0.2) is 14.5 Å². The lowest BCUT2D eigenvalue weighted by Gasteiger charge is -2.12. The van der Waals surface area contributed by atoms with Crippen LogP contribution in [0, 0.1) is 0 Å². The highest BCUT2D eigenvalue weighted by Crippen LogP contribution is 2.46. The Bertz CT molecular complexity index is 3100. The third kappa shape index (κ3) is 3.79. The fourth-order valence-corrected chi connectivity index (χ4v) is 8.87. The maximum Gasteiger partial charge on any atom is 0.235 e. The molecule has 0 aliphatic heterocycles. The van der Waals surface area contributed by atoms with Crippen LogP contribution in [0.4, 0.5) is 0 Å². The molecule has 4 aromatic heterocycles. The molecule has 0 fully saturated rings. The Balaban J connectivity index is 1.38. The van der Waals surface area contributed by atoms with Gasteiger partial charge in [-0.15, -0.1) is 11.3 Å². The number of hydrogen-bond donors (Lipinski definition) is 0. The molecule has 228 valence electrons. The van der Waals surface area contributed by atoms with Gasteiger partial charge in [0.25, 0.3) is 0 Å². The molecule has 0 amide bonds. The van der Waals surface area contributed by atoms with Crippen molar-refractivity contribution in [2.24, 2.45) is 0 Å². The maximum atomic E-state index is 6.46. The summed E-state index contributed by atoms with van der Waals surface area (Å²) in [6.07, 6.45) is 0. The van der Waals surface area contributed by atoms with E-state index >= 15 is 0 Å². The van der Waals surface area contributed by atoms with Gasteiger partial charge in [-0.25, -0.2) is 9.97 Å². The number of para-hydroxylation sites is 1. The normalized spacial score (nSPS) is 12.1. The van der Waals surface area contributed by atoms with Gasteiger partial charge in [-0.05, 0) is 52.2 Å². The fraction of sp³-hybridized carbons (Fsp3) is 0. The Hall–Kier alpha value is -6.30. The monoisotopic (exact) mass is 643 g/mol. The summed E-state index contributed by atoms with van der Waals surface area (Å²) in [5.41, 5.74) is 9.17. The lowest BCUT2D eigenvalue weighted by Crippen LogP contribution is -2.03. The van der Waals surface area contributed by atoms with Crippen molar-refractivity contribution in [3.05, 3.63) is 152 Å². The van der Waals surface area contributed by atoms with Crippen LogP contribution in [0.2, 0.25) is 0 Å². The van der Waals surface area contributed by atoms with Crippen LogP contribution in [-0.2, 0) is 0 Å². The third-order valence-corrected chi connectivity index (χ3v) is 11.0. The van der Waals surface area contributed by atoms with Gasteiger partial charge in [0.05, 0.1) is 26.9 Å². The summed E-state index contributed by atoms with van der Waals surface area (Å²) in [5.74, 6) is 0.649. The van der Waals surface area contributed by atoms with Crippen LogP contribution in [0.15, 0.2) is 156 Å². The number of rotatable bonds is 3. The van der Waals surface area contributed by atoms with E-state index in [4.69, 9.17) is 14.4 Å². The minimum absolute atomic E-state index is 0.649. The van der Waals surface area contributed by atoms with Gasteiger partial charge in [0.1, 0.15) is 11.2 Å². The first-order chi connectivity index (χ1) is 24.3. The minimum Gasteiger partial charge on any atom is -0.456 e. The van der Waals surface area contributed by atoms with E-state index in [-0.39, 0.29) is 0 Å². The summed E-state index contributed by atoms with van der Waals surface area (Å²) in [5, 5.41) is 8.06. The Kier molecular flexibility index (Phi) is 5.51. The SMILES string of the molecule is c1ccc(-c2cc3c(c4ccccc24)c2c4c(ccc2n3-c2nc(-c3ccccc3)c3sc5ccccc5c3n2)oc2ccccc24)cc1.